The van der Waals surface area contributed by atoms with Crippen molar-refractivity contribution in [2.45, 2.75) is 13.0 Å². The van der Waals surface area contributed by atoms with Crippen LogP contribution in [0.3, 0.4) is 0 Å². The quantitative estimate of drug-likeness (QED) is 0.451. The van der Waals surface area contributed by atoms with E-state index in [2.05, 4.69) is 27.3 Å². The number of carbonyl (C=O) groups excluding carboxylic acids is 1. The van der Waals surface area contributed by atoms with Crippen LogP contribution in [0.25, 0.3) is 0 Å². The Morgan fingerprint density at radius 3 is 2.00 bits per heavy atom. The molecule has 0 N–H and O–H groups in total. The first-order chi connectivity index (χ1) is 11.7. The summed E-state index contributed by atoms with van der Waals surface area (Å²) in [6, 6.07) is 14.3. The lowest BCUT2D eigenvalue weighted by Crippen LogP contribution is -2.27. The Morgan fingerprint density at radius 2 is 1.48 bits per heavy atom. The van der Waals surface area contributed by atoms with Crippen molar-refractivity contribution in [1.82, 2.24) is 0 Å². The van der Waals surface area contributed by atoms with E-state index in [0.717, 1.165) is 9.83 Å². The number of rotatable bonds is 7. The molecule has 0 fully saturated rings. The Balaban J connectivity index is 1.91. The summed E-state index contributed by atoms with van der Waals surface area (Å²) in [5.74, 6) is 0.374. The van der Waals surface area contributed by atoms with E-state index in [1.165, 1.54) is 6.92 Å². The second-order valence-electron chi connectivity index (χ2n) is 5.29. The highest BCUT2D eigenvalue weighted by molar-refractivity contribution is 14.1. The number of hydrogen-bond donors (Lipinski definition) is 0. The average molecular weight is 476 g/mol. The van der Waals surface area contributed by atoms with E-state index in [1.807, 2.05) is 24.3 Å². The molecule has 2 rings (SSSR count). The van der Waals surface area contributed by atoms with Gasteiger partial charge in [-0.25, -0.2) is 13.2 Å². The van der Waals surface area contributed by atoms with Crippen molar-refractivity contribution < 1.29 is 27.4 Å². The molecule has 2 aromatic rings. The lowest BCUT2D eigenvalue weighted by molar-refractivity contribution is -0.148. The highest BCUT2D eigenvalue weighted by atomic mass is 127. The van der Waals surface area contributed by atoms with Gasteiger partial charge in [-0.1, -0.05) is 0 Å². The van der Waals surface area contributed by atoms with Gasteiger partial charge >= 0.3 is 5.97 Å². The normalized spacial score (nSPS) is 12.3. The van der Waals surface area contributed by atoms with Gasteiger partial charge < -0.3 is 14.2 Å². The van der Waals surface area contributed by atoms with Crippen LogP contribution in [0.4, 0.5) is 0 Å². The van der Waals surface area contributed by atoms with Crippen LogP contribution in [-0.2, 0) is 19.4 Å². The second-order valence-corrected chi connectivity index (χ2v) is 8.63. The lowest BCUT2D eigenvalue weighted by Gasteiger charge is -2.14. The first-order valence-corrected chi connectivity index (χ1v) is 10.4. The van der Waals surface area contributed by atoms with Gasteiger partial charge in [0.25, 0.3) is 0 Å². The molecule has 0 aliphatic carbocycles. The monoisotopic (exact) mass is 476 g/mol. The Morgan fingerprint density at radius 1 is 1.00 bits per heavy atom. The Kier molecular flexibility index (Phi) is 6.65. The Labute approximate surface area is 160 Å². The molecule has 25 heavy (non-hydrogen) atoms. The number of carbonyl (C=O) groups is 1. The van der Waals surface area contributed by atoms with Gasteiger partial charge in [0.15, 0.2) is 21.9 Å². The third kappa shape index (κ3) is 6.91. The smallest absolute Gasteiger partial charge is 0.348 e. The van der Waals surface area contributed by atoms with Crippen molar-refractivity contribution >= 4 is 38.4 Å². The largest absolute Gasteiger partial charge is 0.479 e. The van der Waals surface area contributed by atoms with E-state index < -0.39 is 27.8 Å². The summed E-state index contributed by atoms with van der Waals surface area (Å²) in [5.41, 5.74) is 0. The molecule has 1 unspecified atom stereocenters. The van der Waals surface area contributed by atoms with Gasteiger partial charge in [-0.3, -0.25) is 0 Å². The van der Waals surface area contributed by atoms with E-state index in [-0.39, 0.29) is 0 Å². The summed E-state index contributed by atoms with van der Waals surface area (Å²) < 4.78 is 38.9. The molecule has 0 aliphatic heterocycles. The molecule has 0 aliphatic rings. The maximum Gasteiger partial charge on any atom is 0.348 e. The fourth-order valence-corrected chi connectivity index (χ4v) is 2.45. The molecule has 0 aromatic heterocycles. The third-order valence-corrected chi connectivity index (χ3v) is 4.20. The summed E-state index contributed by atoms with van der Waals surface area (Å²) >= 11 is 2.21. The summed E-state index contributed by atoms with van der Waals surface area (Å²) in [7, 11) is -3.38. The van der Waals surface area contributed by atoms with Gasteiger partial charge in [-0.2, -0.15) is 0 Å². The second kappa shape index (κ2) is 8.52. The average Bonchev–Trinajstić information content (AvgIpc) is 2.56. The minimum absolute atomic E-state index is 0.443. The summed E-state index contributed by atoms with van der Waals surface area (Å²) in [6.07, 6.45) is 0.0581. The first kappa shape index (κ1) is 19.5. The minimum atomic E-state index is -3.38. The molecular formula is C17H17IO6S. The Hall–Kier alpha value is -1.81. The molecule has 8 heteroatoms. The first-order valence-electron chi connectivity index (χ1n) is 7.27. The third-order valence-electron chi connectivity index (χ3n) is 2.93. The molecule has 0 radical (unpaired) electrons. The lowest BCUT2D eigenvalue weighted by atomic mass is 10.3. The van der Waals surface area contributed by atoms with Crippen LogP contribution in [-0.4, -0.2) is 32.7 Å². The molecular weight excluding hydrogens is 459 g/mol. The number of esters is 1. The summed E-state index contributed by atoms with van der Waals surface area (Å²) in [6.45, 7) is 1.49. The van der Waals surface area contributed by atoms with Crippen LogP contribution < -0.4 is 9.47 Å². The van der Waals surface area contributed by atoms with Gasteiger partial charge in [-0.15, -0.1) is 0 Å². The van der Waals surface area contributed by atoms with Gasteiger partial charge in [0, 0.05) is 9.83 Å². The van der Waals surface area contributed by atoms with Crippen LogP contribution in [0, 0.1) is 3.57 Å². The van der Waals surface area contributed by atoms with Crippen LogP contribution in [0.5, 0.6) is 17.2 Å². The SMILES string of the molecule is CC(Oc1ccc(Oc2ccc(I)cc2)cc1)C(=O)OCS(C)(=O)=O. The van der Waals surface area contributed by atoms with Crippen molar-refractivity contribution in [2.24, 2.45) is 0 Å². The van der Waals surface area contributed by atoms with Crippen molar-refractivity contribution in [2.75, 3.05) is 12.2 Å². The highest BCUT2D eigenvalue weighted by Crippen LogP contribution is 2.25. The number of hydrogen-bond acceptors (Lipinski definition) is 6. The molecule has 134 valence electrons. The van der Waals surface area contributed by atoms with E-state index in [0.29, 0.717) is 17.2 Å². The number of sulfone groups is 1. The Bertz CT molecular complexity index is 815. The van der Waals surface area contributed by atoms with E-state index in [9.17, 15) is 13.2 Å². The van der Waals surface area contributed by atoms with Crippen molar-refractivity contribution in [1.29, 1.82) is 0 Å². The van der Waals surface area contributed by atoms with Gasteiger partial charge in [0.05, 0.1) is 0 Å². The van der Waals surface area contributed by atoms with Crippen molar-refractivity contribution in [3.63, 3.8) is 0 Å². The molecule has 1 atom stereocenters. The molecule has 0 heterocycles. The minimum Gasteiger partial charge on any atom is -0.479 e. The highest BCUT2D eigenvalue weighted by Gasteiger charge is 2.18. The molecule has 0 amide bonds. The summed E-state index contributed by atoms with van der Waals surface area (Å²) in [4.78, 5) is 11.7. The zero-order chi connectivity index (χ0) is 18.4. The fourth-order valence-electron chi connectivity index (χ4n) is 1.76. The number of ether oxygens (including phenoxy) is 3. The topological polar surface area (TPSA) is 78.9 Å². The maximum atomic E-state index is 11.7. The van der Waals surface area contributed by atoms with E-state index in [1.54, 1.807) is 24.3 Å². The van der Waals surface area contributed by atoms with Crippen LogP contribution in [0.15, 0.2) is 48.5 Å². The maximum absolute atomic E-state index is 11.7. The van der Waals surface area contributed by atoms with Gasteiger partial charge in [0.1, 0.15) is 17.2 Å². The van der Waals surface area contributed by atoms with Gasteiger partial charge in [0.2, 0.25) is 0 Å². The van der Waals surface area contributed by atoms with E-state index >= 15 is 0 Å². The zero-order valence-electron chi connectivity index (χ0n) is 13.6. The van der Waals surface area contributed by atoms with Crippen LogP contribution in [0.2, 0.25) is 0 Å². The van der Waals surface area contributed by atoms with Crippen molar-refractivity contribution in [3.05, 3.63) is 52.1 Å². The van der Waals surface area contributed by atoms with Crippen LogP contribution in [0.1, 0.15) is 6.92 Å². The standard InChI is InChI=1S/C17H17IO6S/c1-12(17(19)22-11-25(2,20)21)23-14-7-9-16(10-8-14)24-15-5-3-13(18)4-6-15/h3-10,12H,11H2,1-2H3. The number of benzene rings is 2. The zero-order valence-corrected chi connectivity index (χ0v) is 16.6. The van der Waals surface area contributed by atoms with Crippen LogP contribution >= 0.6 is 22.6 Å². The van der Waals surface area contributed by atoms with Crippen molar-refractivity contribution in [3.8, 4) is 17.2 Å². The molecule has 0 bridgehead atoms. The fraction of sp³-hybridized carbons (Fsp3) is 0.235. The van der Waals surface area contributed by atoms with E-state index in [4.69, 9.17) is 9.47 Å². The molecule has 0 saturated heterocycles. The number of halogens is 1. The van der Waals surface area contributed by atoms with Gasteiger partial charge in [-0.05, 0) is 78.0 Å². The molecule has 2 aromatic carbocycles. The molecule has 6 nitrogen and oxygen atoms in total. The summed E-state index contributed by atoms with van der Waals surface area (Å²) in [5, 5.41) is 0. The predicted molar refractivity (Wildman–Crippen MR) is 102 cm³/mol. The molecule has 0 spiro atoms. The molecule has 0 saturated carbocycles. The predicted octanol–water partition coefficient (Wildman–Crippen LogP) is 3.40.